The van der Waals surface area contributed by atoms with Crippen molar-refractivity contribution in [3.63, 3.8) is 0 Å². The molecular formula is C11H19NO2. The molecule has 0 radical (unpaired) electrons. The third-order valence-electron chi connectivity index (χ3n) is 4.27. The minimum atomic E-state index is -0.685. The highest BCUT2D eigenvalue weighted by atomic mass is 16.4. The van der Waals surface area contributed by atoms with Crippen LogP contribution in [0, 0.1) is 17.3 Å². The summed E-state index contributed by atoms with van der Waals surface area (Å²) < 4.78 is 0. The van der Waals surface area contributed by atoms with Gasteiger partial charge in [0, 0.05) is 6.04 Å². The minimum absolute atomic E-state index is 0.0221. The van der Waals surface area contributed by atoms with Gasteiger partial charge in [0.25, 0.3) is 0 Å². The maximum absolute atomic E-state index is 10.9. The highest BCUT2D eigenvalue weighted by molar-refractivity contribution is 5.68. The summed E-state index contributed by atoms with van der Waals surface area (Å²) in [7, 11) is 0. The molecule has 0 aromatic rings. The standard InChI is InChI=1S/C11H19NO2/c1-7(12)11(6-10(13)14)4-2-3-8-5-9(8)11/h7-9H,2-6,12H2,1H3,(H,13,14). The zero-order chi connectivity index (χ0) is 10.3. The number of aliphatic carboxylic acids is 1. The molecule has 0 spiro atoms. The number of carboxylic acid groups (broad SMARTS) is 1. The fourth-order valence-electron chi connectivity index (χ4n) is 3.38. The van der Waals surface area contributed by atoms with Crippen LogP contribution in [0.3, 0.4) is 0 Å². The number of hydrogen-bond acceptors (Lipinski definition) is 2. The summed E-state index contributed by atoms with van der Waals surface area (Å²) in [5.41, 5.74) is 5.92. The van der Waals surface area contributed by atoms with Crippen LogP contribution in [0.15, 0.2) is 0 Å². The Labute approximate surface area is 84.7 Å². The number of fused-ring (bicyclic) bond motifs is 1. The second-order valence-corrected chi connectivity index (χ2v) is 5.09. The van der Waals surface area contributed by atoms with E-state index in [0.29, 0.717) is 5.92 Å². The van der Waals surface area contributed by atoms with Crippen LogP contribution in [0.1, 0.15) is 39.0 Å². The van der Waals surface area contributed by atoms with Gasteiger partial charge >= 0.3 is 5.97 Å². The van der Waals surface area contributed by atoms with Gasteiger partial charge in [-0.25, -0.2) is 0 Å². The van der Waals surface area contributed by atoms with Crippen molar-refractivity contribution in [2.24, 2.45) is 23.0 Å². The molecule has 0 aromatic heterocycles. The molecule has 0 bridgehead atoms. The van der Waals surface area contributed by atoms with Crippen LogP contribution in [0.5, 0.6) is 0 Å². The van der Waals surface area contributed by atoms with Crippen molar-refractivity contribution < 1.29 is 9.90 Å². The summed E-state index contributed by atoms with van der Waals surface area (Å²) in [5.74, 6) is 0.705. The molecule has 3 heteroatoms. The van der Waals surface area contributed by atoms with Crippen molar-refractivity contribution in [3.05, 3.63) is 0 Å². The SMILES string of the molecule is CC(N)C1(CC(=O)O)CCCC2CC21. The molecule has 2 fully saturated rings. The van der Waals surface area contributed by atoms with Gasteiger partial charge in [0.15, 0.2) is 0 Å². The predicted octanol–water partition coefficient (Wildman–Crippen LogP) is 1.61. The molecule has 2 saturated carbocycles. The fourth-order valence-corrected chi connectivity index (χ4v) is 3.38. The average molecular weight is 197 g/mol. The van der Waals surface area contributed by atoms with Crippen molar-refractivity contribution in [1.29, 1.82) is 0 Å². The molecule has 3 nitrogen and oxygen atoms in total. The Balaban J connectivity index is 2.16. The second-order valence-electron chi connectivity index (χ2n) is 5.09. The van der Waals surface area contributed by atoms with Crippen LogP contribution in [-0.2, 0) is 4.79 Å². The Morgan fingerprint density at radius 1 is 1.71 bits per heavy atom. The van der Waals surface area contributed by atoms with Crippen molar-refractivity contribution in [2.45, 2.75) is 45.1 Å². The molecule has 3 N–H and O–H groups in total. The van der Waals surface area contributed by atoms with Crippen molar-refractivity contribution in [1.82, 2.24) is 0 Å². The summed E-state index contributed by atoms with van der Waals surface area (Å²) in [6.07, 6.45) is 4.95. The average Bonchev–Trinajstić information content (AvgIpc) is 2.82. The first-order chi connectivity index (χ1) is 6.56. The third kappa shape index (κ3) is 1.44. The number of hydrogen-bond donors (Lipinski definition) is 2. The molecule has 4 atom stereocenters. The molecule has 80 valence electrons. The molecule has 0 heterocycles. The maximum Gasteiger partial charge on any atom is 0.303 e. The lowest BCUT2D eigenvalue weighted by atomic mass is 9.67. The zero-order valence-electron chi connectivity index (χ0n) is 8.70. The fraction of sp³-hybridized carbons (Fsp3) is 0.909. The summed E-state index contributed by atoms with van der Waals surface area (Å²) >= 11 is 0. The van der Waals surface area contributed by atoms with Gasteiger partial charge in [-0.15, -0.1) is 0 Å². The molecule has 2 aliphatic carbocycles. The van der Waals surface area contributed by atoms with E-state index in [2.05, 4.69) is 0 Å². The topological polar surface area (TPSA) is 63.3 Å². The Bertz CT molecular complexity index is 252. The summed E-state index contributed by atoms with van der Waals surface area (Å²) in [6.45, 7) is 1.98. The summed E-state index contributed by atoms with van der Waals surface area (Å²) in [6, 6.07) is 0.0221. The normalized spacial score (nSPS) is 42.7. The van der Waals surface area contributed by atoms with Crippen molar-refractivity contribution in [2.75, 3.05) is 0 Å². The van der Waals surface area contributed by atoms with Gasteiger partial charge in [-0.1, -0.05) is 12.8 Å². The van der Waals surface area contributed by atoms with E-state index in [-0.39, 0.29) is 17.9 Å². The first kappa shape index (κ1) is 9.97. The lowest BCUT2D eigenvalue weighted by Gasteiger charge is -2.39. The van der Waals surface area contributed by atoms with E-state index in [1.165, 1.54) is 12.8 Å². The number of rotatable bonds is 3. The van der Waals surface area contributed by atoms with Gasteiger partial charge < -0.3 is 10.8 Å². The van der Waals surface area contributed by atoms with E-state index in [1.54, 1.807) is 0 Å². The van der Waals surface area contributed by atoms with Crippen molar-refractivity contribution in [3.8, 4) is 0 Å². The summed E-state index contributed by atoms with van der Waals surface area (Å²) in [4.78, 5) is 10.9. The van der Waals surface area contributed by atoms with Gasteiger partial charge in [0.1, 0.15) is 0 Å². The minimum Gasteiger partial charge on any atom is -0.481 e. The van der Waals surface area contributed by atoms with Crippen LogP contribution >= 0.6 is 0 Å². The lowest BCUT2D eigenvalue weighted by Crippen LogP contribution is -2.44. The molecule has 0 amide bonds. The van der Waals surface area contributed by atoms with Gasteiger partial charge in [-0.05, 0) is 37.0 Å². The molecule has 2 rings (SSSR count). The number of carbonyl (C=O) groups is 1. The molecule has 4 unspecified atom stereocenters. The van der Waals surface area contributed by atoms with Gasteiger partial charge in [0.05, 0.1) is 6.42 Å². The Morgan fingerprint density at radius 3 is 3.00 bits per heavy atom. The van der Waals surface area contributed by atoms with Crippen molar-refractivity contribution >= 4 is 5.97 Å². The molecule has 0 aliphatic heterocycles. The van der Waals surface area contributed by atoms with E-state index in [1.807, 2.05) is 6.92 Å². The largest absolute Gasteiger partial charge is 0.481 e. The Hall–Kier alpha value is -0.570. The predicted molar refractivity (Wildman–Crippen MR) is 53.8 cm³/mol. The Kier molecular flexibility index (Phi) is 2.30. The smallest absolute Gasteiger partial charge is 0.303 e. The van der Waals surface area contributed by atoms with E-state index < -0.39 is 5.97 Å². The first-order valence-corrected chi connectivity index (χ1v) is 5.53. The van der Waals surface area contributed by atoms with Gasteiger partial charge in [0.2, 0.25) is 0 Å². The highest BCUT2D eigenvalue weighted by Gasteiger charge is 2.56. The van der Waals surface area contributed by atoms with Crippen LogP contribution in [-0.4, -0.2) is 17.1 Å². The van der Waals surface area contributed by atoms with Crippen LogP contribution in [0.25, 0.3) is 0 Å². The summed E-state index contributed by atoms with van der Waals surface area (Å²) in [5, 5.41) is 8.96. The first-order valence-electron chi connectivity index (χ1n) is 5.53. The number of carboxylic acids is 1. The maximum atomic E-state index is 10.9. The van der Waals surface area contributed by atoms with E-state index in [4.69, 9.17) is 10.8 Å². The second kappa shape index (κ2) is 3.23. The highest BCUT2D eigenvalue weighted by Crippen LogP contribution is 2.61. The molecule has 2 aliphatic rings. The van der Waals surface area contributed by atoms with E-state index in [0.717, 1.165) is 18.8 Å². The molecule has 0 saturated heterocycles. The number of nitrogens with two attached hydrogens (primary N) is 1. The van der Waals surface area contributed by atoms with E-state index in [9.17, 15) is 4.79 Å². The quantitative estimate of drug-likeness (QED) is 0.722. The van der Waals surface area contributed by atoms with Gasteiger partial charge in [-0.3, -0.25) is 4.79 Å². The lowest BCUT2D eigenvalue weighted by molar-refractivity contribution is -0.141. The third-order valence-corrected chi connectivity index (χ3v) is 4.27. The molecular weight excluding hydrogens is 178 g/mol. The van der Waals surface area contributed by atoms with Crippen LogP contribution in [0.2, 0.25) is 0 Å². The van der Waals surface area contributed by atoms with Gasteiger partial charge in [-0.2, -0.15) is 0 Å². The molecule has 0 aromatic carbocycles. The Morgan fingerprint density at radius 2 is 2.43 bits per heavy atom. The zero-order valence-corrected chi connectivity index (χ0v) is 8.70. The van der Waals surface area contributed by atoms with E-state index >= 15 is 0 Å². The van der Waals surface area contributed by atoms with Crippen LogP contribution < -0.4 is 5.73 Å². The molecule has 14 heavy (non-hydrogen) atoms. The monoisotopic (exact) mass is 197 g/mol. The van der Waals surface area contributed by atoms with Crippen LogP contribution in [0.4, 0.5) is 0 Å².